The molecule has 1 aromatic heterocycles. The normalized spacial score (nSPS) is 20.1. The fraction of sp³-hybridized carbons (Fsp3) is 0.733. The van der Waals surface area contributed by atoms with Gasteiger partial charge in [-0.1, -0.05) is 32.0 Å². The first-order valence-electron chi connectivity index (χ1n) is 7.47. The van der Waals surface area contributed by atoms with Crippen LogP contribution >= 0.6 is 11.8 Å². The first kappa shape index (κ1) is 15.4. The number of hydrogen-bond acceptors (Lipinski definition) is 3. The smallest absolute Gasteiger partial charge is 0.233 e. The maximum atomic E-state index is 12.1. The Hall–Kier alpha value is -0.970. The fourth-order valence-corrected chi connectivity index (χ4v) is 3.70. The quantitative estimate of drug-likeness (QED) is 0.929. The van der Waals surface area contributed by atoms with Gasteiger partial charge in [-0.15, -0.1) is 0 Å². The van der Waals surface area contributed by atoms with Gasteiger partial charge in [-0.3, -0.25) is 4.79 Å². The number of aromatic nitrogens is 2. The second-order valence-corrected chi connectivity index (χ2v) is 7.13. The third-order valence-corrected chi connectivity index (χ3v) is 4.96. The first-order chi connectivity index (χ1) is 9.49. The Morgan fingerprint density at radius 2 is 2.15 bits per heavy atom. The van der Waals surface area contributed by atoms with Gasteiger partial charge in [-0.2, -0.15) is 0 Å². The SMILES string of the molecule is Cc1nc(S[C@H]2CCCCNC2=O)n(CC(C)C)c1C. The molecule has 0 unspecified atom stereocenters. The van der Waals surface area contributed by atoms with E-state index in [0.29, 0.717) is 5.92 Å². The standard InChI is InChI=1S/C15H25N3OS/c1-10(2)9-18-12(4)11(3)17-15(18)20-13-7-5-6-8-16-14(13)19/h10,13H,5-9H2,1-4H3,(H,16,19)/t13-/m0/s1. The lowest BCUT2D eigenvalue weighted by atomic mass is 10.2. The number of rotatable bonds is 4. The number of nitrogens with zero attached hydrogens (tertiary/aromatic N) is 2. The summed E-state index contributed by atoms with van der Waals surface area (Å²) in [7, 11) is 0. The number of thioether (sulfide) groups is 1. The maximum Gasteiger partial charge on any atom is 0.233 e. The molecule has 1 fully saturated rings. The Bertz CT molecular complexity index is 482. The summed E-state index contributed by atoms with van der Waals surface area (Å²) in [4.78, 5) is 16.7. The van der Waals surface area contributed by atoms with E-state index in [1.54, 1.807) is 11.8 Å². The van der Waals surface area contributed by atoms with Gasteiger partial charge in [-0.05, 0) is 32.6 Å². The molecule has 0 saturated carbocycles. The number of aryl methyl sites for hydroxylation is 1. The van der Waals surface area contributed by atoms with Crippen LogP contribution in [-0.2, 0) is 11.3 Å². The fourth-order valence-electron chi connectivity index (χ4n) is 2.44. The highest BCUT2D eigenvalue weighted by atomic mass is 32.2. The van der Waals surface area contributed by atoms with Gasteiger partial charge in [0.2, 0.25) is 5.91 Å². The summed E-state index contributed by atoms with van der Waals surface area (Å²) in [6.07, 6.45) is 3.14. The molecule has 0 radical (unpaired) electrons. The van der Waals surface area contributed by atoms with Gasteiger partial charge in [0.05, 0.1) is 10.9 Å². The molecule has 1 amide bonds. The van der Waals surface area contributed by atoms with E-state index in [9.17, 15) is 4.79 Å². The molecule has 0 spiro atoms. The summed E-state index contributed by atoms with van der Waals surface area (Å²) < 4.78 is 2.27. The second kappa shape index (κ2) is 6.66. The lowest BCUT2D eigenvalue weighted by Crippen LogP contribution is -2.30. The number of carbonyl (C=O) groups excluding carboxylic acids is 1. The molecule has 2 rings (SSSR count). The van der Waals surface area contributed by atoms with Gasteiger partial charge in [0.25, 0.3) is 0 Å². The largest absolute Gasteiger partial charge is 0.355 e. The summed E-state index contributed by atoms with van der Waals surface area (Å²) in [5, 5.41) is 4.00. The molecule has 1 saturated heterocycles. The van der Waals surface area contributed by atoms with Gasteiger partial charge in [0, 0.05) is 18.8 Å². The molecular formula is C15H25N3OS. The van der Waals surface area contributed by atoms with Crippen molar-refractivity contribution in [3.63, 3.8) is 0 Å². The zero-order valence-corrected chi connectivity index (χ0v) is 13.7. The number of carbonyl (C=O) groups is 1. The van der Waals surface area contributed by atoms with Crippen molar-refractivity contribution in [2.24, 2.45) is 5.92 Å². The minimum atomic E-state index is 0.00427. The van der Waals surface area contributed by atoms with Crippen LogP contribution in [-0.4, -0.2) is 27.3 Å². The van der Waals surface area contributed by atoms with E-state index in [1.807, 2.05) is 6.92 Å². The maximum absolute atomic E-state index is 12.1. The average molecular weight is 295 g/mol. The van der Waals surface area contributed by atoms with E-state index in [-0.39, 0.29) is 11.2 Å². The van der Waals surface area contributed by atoms with E-state index < -0.39 is 0 Å². The lowest BCUT2D eigenvalue weighted by Gasteiger charge is -2.16. The van der Waals surface area contributed by atoms with Crippen molar-refractivity contribution >= 4 is 17.7 Å². The molecule has 1 N–H and O–H groups in total. The van der Waals surface area contributed by atoms with Crippen molar-refractivity contribution < 1.29 is 4.79 Å². The van der Waals surface area contributed by atoms with Crippen molar-refractivity contribution in [2.45, 2.75) is 63.9 Å². The van der Waals surface area contributed by atoms with Gasteiger partial charge < -0.3 is 9.88 Å². The van der Waals surface area contributed by atoms with Gasteiger partial charge in [0.1, 0.15) is 0 Å². The molecule has 2 heterocycles. The molecule has 5 heteroatoms. The molecule has 0 bridgehead atoms. The monoisotopic (exact) mass is 295 g/mol. The van der Waals surface area contributed by atoms with E-state index in [4.69, 9.17) is 0 Å². The molecule has 1 atom stereocenters. The summed E-state index contributed by atoms with van der Waals surface area (Å²) >= 11 is 1.63. The van der Waals surface area contributed by atoms with Crippen LogP contribution in [0.3, 0.4) is 0 Å². The van der Waals surface area contributed by atoms with Crippen molar-refractivity contribution in [1.82, 2.24) is 14.9 Å². The molecule has 112 valence electrons. The molecular weight excluding hydrogens is 270 g/mol. The van der Waals surface area contributed by atoms with E-state index in [0.717, 1.165) is 43.2 Å². The number of amides is 1. The Kier molecular flexibility index (Phi) is 5.13. The zero-order chi connectivity index (χ0) is 14.7. The molecule has 1 aliphatic rings. The van der Waals surface area contributed by atoms with Crippen molar-refractivity contribution in [3.8, 4) is 0 Å². The summed E-state index contributed by atoms with van der Waals surface area (Å²) in [6.45, 7) is 10.4. The Balaban J connectivity index is 2.19. The number of imidazole rings is 1. The van der Waals surface area contributed by atoms with Crippen LogP contribution < -0.4 is 5.32 Å². The van der Waals surface area contributed by atoms with Gasteiger partial charge >= 0.3 is 0 Å². The third-order valence-electron chi connectivity index (χ3n) is 3.70. The highest BCUT2D eigenvalue weighted by Crippen LogP contribution is 2.29. The van der Waals surface area contributed by atoms with Crippen LogP contribution in [0.2, 0.25) is 0 Å². The van der Waals surface area contributed by atoms with E-state index in [1.165, 1.54) is 5.69 Å². The minimum absolute atomic E-state index is 0.00427. The third kappa shape index (κ3) is 3.57. The van der Waals surface area contributed by atoms with Gasteiger partial charge in [-0.25, -0.2) is 4.98 Å². The lowest BCUT2D eigenvalue weighted by molar-refractivity contribution is -0.120. The van der Waals surface area contributed by atoms with Crippen molar-refractivity contribution in [1.29, 1.82) is 0 Å². The predicted molar refractivity (Wildman–Crippen MR) is 83.0 cm³/mol. The Morgan fingerprint density at radius 3 is 2.85 bits per heavy atom. The number of nitrogens with one attached hydrogen (secondary N) is 1. The second-order valence-electron chi connectivity index (χ2n) is 5.96. The predicted octanol–water partition coefficient (Wildman–Crippen LogP) is 2.92. The summed E-state index contributed by atoms with van der Waals surface area (Å²) in [5.41, 5.74) is 2.29. The summed E-state index contributed by atoms with van der Waals surface area (Å²) in [5.74, 6) is 0.742. The zero-order valence-electron chi connectivity index (χ0n) is 12.9. The van der Waals surface area contributed by atoms with E-state index >= 15 is 0 Å². The average Bonchev–Trinajstić information content (AvgIpc) is 2.55. The minimum Gasteiger partial charge on any atom is -0.355 e. The van der Waals surface area contributed by atoms with E-state index in [2.05, 4.69) is 35.6 Å². The molecule has 4 nitrogen and oxygen atoms in total. The summed E-state index contributed by atoms with van der Waals surface area (Å²) in [6, 6.07) is 0. The van der Waals surface area contributed by atoms with Gasteiger partial charge in [0.15, 0.2) is 5.16 Å². The molecule has 0 aliphatic carbocycles. The van der Waals surface area contributed by atoms with Crippen LogP contribution in [0.25, 0.3) is 0 Å². The Labute approximate surface area is 125 Å². The molecule has 1 aliphatic heterocycles. The first-order valence-corrected chi connectivity index (χ1v) is 8.35. The van der Waals surface area contributed by atoms with Crippen LogP contribution in [0.1, 0.15) is 44.5 Å². The van der Waals surface area contributed by atoms with Crippen LogP contribution in [0.5, 0.6) is 0 Å². The highest BCUT2D eigenvalue weighted by molar-refractivity contribution is 8.00. The van der Waals surface area contributed by atoms with Crippen molar-refractivity contribution in [2.75, 3.05) is 6.54 Å². The molecule has 0 aromatic carbocycles. The topological polar surface area (TPSA) is 46.9 Å². The van der Waals surface area contributed by atoms with Crippen molar-refractivity contribution in [3.05, 3.63) is 11.4 Å². The Morgan fingerprint density at radius 1 is 1.40 bits per heavy atom. The number of hydrogen-bond donors (Lipinski definition) is 1. The van der Waals surface area contributed by atoms with Crippen LogP contribution in [0.4, 0.5) is 0 Å². The molecule has 1 aromatic rings. The highest BCUT2D eigenvalue weighted by Gasteiger charge is 2.25. The van der Waals surface area contributed by atoms with Crippen LogP contribution in [0.15, 0.2) is 5.16 Å². The molecule has 20 heavy (non-hydrogen) atoms. The van der Waals surface area contributed by atoms with Crippen LogP contribution in [0, 0.1) is 19.8 Å².